The van der Waals surface area contributed by atoms with Crippen LogP contribution in [0.3, 0.4) is 0 Å². The maximum atomic E-state index is 12.2. The Morgan fingerprint density at radius 2 is 1.46 bits per heavy atom. The van der Waals surface area contributed by atoms with E-state index in [9.17, 15) is 28.8 Å². The fraction of sp³-hybridized carbons (Fsp3) is 0.786. The number of halogens is 1. The lowest BCUT2D eigenvalue weighted by Crippen LogP contribution is -2.53. The second kappa shape index (κ2) is 17.0. The Bertz CT molecular complexity index is 1030. The fourth-order valence-corrected chi connectivity index (χ4v) is 3.80. The summed E-state index contributed by atoms with van der Waals surface area (Å²) in [6, 6.07) is 0. The van der Waals surface area contributed by atoms with E-state index in [1.54, 1.807) is 55.4 Å². The summed E-state index contributed by atoms with van der Waals surface area (Å²) in [6.45, 7) is 14.5. The molecule has 12 nitrogen and oxygen atoms in total. The van der Waals surface area contributed by atoms with Gasteiger partial charge in [0.15, 0.2) is 17.3 Å². The zero-order chi connectivity index (χ0) is 34.7. The van der Waals surface area contributed by atoms with Gasteiger partial charge in [0.25, 0.3) is 0 Å². The Hall–Kier alpha value is -2.29. The molecule has 0 saturated carbocycles. The van der Waals surface area contributed by atoms with Gasteiger partial charge in [0, 0.05) is 24.3 Å². The zero-order valence-electron chi connectivity index (χ0n) is 28.6. The van der Waals surface area contributed by atoms with Crippen molar-refractivity contribution < 1.29 is 51.8 Å². The van der Waals surface area contributed by atoms with Crippen molar-refractivity contribution in [3.8, 4) is 0 Å². The Morgan fingerprint density at radius 3 is 1.85 bits per heavy atom. The van der Waals surface area contributed by atoms with E-state index in [-0.39, 0.29) is 50.1 Å². The highest BCUT2D eigenvalue weighted by Crippen LogP contribution is 2.30. The molecule has 0 aliphatic carbocycles. The molecule has 2 aliphatic heterocycles. The number of ether oxygens (including phenoxy) is 4. The van der Waals surface area contributed by atoms with Crippen LogP contribution in [0.5, 0.6) is 0 Å². The average Bonchev–Trinajstić information content (AvgIpc) is 2.83. The van der Waals surface area contributed by atoms with Gasteiger partial charge in [-0.2, -0.15) is 0 Å². The van der Waals surface area contributed by atoms with Crippen molar-refractivity contribution in [1.29, 1.82) is 0 Å². The summed E-state index contributed by atoms with van der Waals surface area (Å²) in [6.07, 6.45) is -0.459. The quantitative estimate of drug-likeness (QED) is 0.136. The van der Waals surface area contributed by atoms with Crippen molar-refractivity contribution in [3.63, 3.8) is 0 Å². The molecule has 2 rings (SSSR count). The number of hydrogen-bond acceptors (Lipinski definition) is 10. The van der Waals surface area contributed by atoms with Gasteiger partial charge < -0.3 is 28.7 Å². The van der Waals surface area contributed by atoms with E-state index in [1.165, 1.54) is 39.5 Å². The lowest BCUT2D eigenvalue weighted by atomic mass is 9.79. The van der Waals surface area contributed by atoms with Gasteiger partial charge in [-0.3, -0.25) is 19.2 Å². The minimum Gasteiger partial charge on any atom is -0.465 e. The van der Waals surface area contributed by atoms with Gasteiger partial charge in [0.05, 0.1) is 25.6 Å². The van der Waals surface area contributed by atoms with Crippen LogP contribution < -0.4 is 0 Å². The maximum Gasteiger partial charge on any atom is 0.410 e. The van der Waals surface area contributed by atoms with Gasteiger partial charge >= 0.3 is 18.2 Å². The normalized spacial score (nSPS) is 22.4. The molecule has 0 radical (unpaired) electrons. The van der Waals surface area contributed by atoms with E-state index in [2.05, 4.69) is 0 Å². The molecule has 0 aromatic rings. The number of piperidine rings is 2. The number of carbonyl (C=O) groups excluding carboxylic acids is 6. The number of likely N-dealkylation sites (tertiary alicyclic amines) is 2. The van der Waals surface area contributed by atoms with Gasteiger partial charge in [-0.05, 0) is 73.1 Å². The number of amides is 2. The van der Waals surface area contributed by atoms with Crippen molar-refractivity contribution in [3.05, 3.63) is 0 Å². The first kappa shape index (κ1) is 33.2. The number of esters is 1. The summed E-state index contributed by atoms with van der Waals surface area (Å²) in [5, 5.41) is 0. The summed E-state index contributed by atoms with van der Waals surface area (Å²) < 4.78 is 38.9. The number of carbonyl (C=O) groups is 6. The molecule has 2 aliphatic rings. The molecule has 2 fully saturated rings. The van der Waals surface area contributed by atoms with E-state index in [1.807, 2.05) is 0 Å². The van der Waals surface area contributed by atoms with E-state index in [0.717, 1.165) is 0 Å². The highest BCUT2D eigenvalue weighted by atomic mass is 127. The Kier molecular flexibility index (Phi) is 13.8. The van der Waals surface area contributed by atoms with Crippen molar-refractivity contribution >= 4 is 58.1 Å². The van der Waals surface area contributed by atoms with Crippen LogP contribution in [0.2, 0.25) is 0 Å². The summed E-state index contributed by atoms with van der Waals surface area (Å²) in [4.78, 5) is 72.1. The highest BCUT2D eigenvalue weighted by Gasteiger charge is 2.47. The third-order valence-corrected chi connectivity index (χ3v) is 5.96. The number of nitrogens with zero attached hydrogens (tertiary/aromatic N) is 2. The zero-order valence-corrected chi connectivity index (χ0v) is 27.7. The SMILES string of the molecule is CCOC(=O)C1(C)CCN(C(=O)OC(C)(C)C)CC1=O.COCC(=O)C1CCN(C(=O)OC(C)(C)C)CC1=O.[2H]C([2H])([2H])I. The molecular weight excluding hydrogens is 651 g/mol. The van der Waals surface area contributed by atoms with E-state index in [4.69, 9.17) is 23.1 Å². The predicted molar refractivity (Wildman–Crippen MR) is 160 cm³/mol. The lowest BCUT2D eigenvalue weighted by molar-refractivity contribution is -0.162. The number of methoxy groups -OCH3 is 1. The molecule has 0 bridgehead atoms. The standard InChI is InChI=1S/C14H23NO5.C13H21NO5.CH3I/c1-6-19-11(17)14(5)7-8-15(9-10(14)16)12(18)20-13(2,3)4;1-13(2,3)19-12(17)14-6-5-9(10(15)7-14)11(16)8-18-4;1-2/h6-9H2,1-5H3;9H,5-8H2,1-4H3;1H3/i;;1D3. The molecule has 0 N–H and O–H groups in total. The molecule has 2 saturated heterocycles. The number of ketones is 3. The molecule has 2 heterocycles. The molecule has 2 atom stereocenters. The van der Waals surface area contributed by atoms with Gasteiger partial charge in [-0.25, -0.2) is 9.59 Å². The smallest absolute Gasteiger partial charge is 0.410 e. The van der Waals surface area contributed by atoms with Gasteiger partial charge in [0.1, 0.15) is 23.2 Å². The molecule has 0 aromatic carbocycles. The van der Waals surface area contributed by atoms with Gasteiger partial charge in [-0.15, -0.1) is 0 Å². The number of Topliss-reactive ketones (excluding diaryl/α,β-unsaturated/α-hetero) is 3. The predicted octanol–water partition coefficient (Wildman–Crippen LogP) is 3.84. The molecule has 0 spiro atoms. The fourth-order valence-electron chi connectivity index (χ4n) is 3.80. The van der Waals surface area contributed by atoms with Crippen LogP contribution in [0.25, 0.3) is 0 Å². The molecular formula is C28H47IN2O10. The number of rotatable bonds is 5. The van der Waals surface area contributed by atoms with E-state index >= 15 is 0 Å². The van der Waals surface area contributed by atoms with Crippen molar-refractivity contribution in [2.75, 3.05) is 51.4 Å². The van der Waals surface area contributed by atoms with Crippen LogP contribution in [0.1, 0.15) is 72.3 Å². The number of alkyl halides is 1. The van der Waals surface area contributed by atoms with Crippen LogP contribution in [-0.2, 0) is 38.1 Å². The largest absolute Gasteiger partial charge is 0.465 e. The molecule has 0 aromatic heterocycles. The minimum absolute atomic E-state index is 0.0666. The molecule has 2 unspecified atom stereocenters. The summed E-state index contributed by atoms with van der Waals surface area (Å²) in [5.41, 5.74) is -2.36. The molecule has 2 amide bonds. The summed E-state index contributed by atoms with van der Waals surface area (Å²) >= 11 is 1.38. The maximum absolute atomic E-state index is 12.2. The van der Waals surface area contributed by atoms with Crippen molar-refractivity contribution in [1.82, 2.24) is 9.80 Å². The monoisotopic (exact) mass is 701 g/mol. The van der Waals surface area contributed by atoms with Crippen LogP contribution in [0, 0.1) is 11.3 Å². The Balaban J connectivity index is 0.000000729. The lowest BCUT2D eigenvalue weighted by Gasteiger charge is -2.36. The summed E-state index contributed by atoms with van der Waals surface area (Å²) in [7, 11) is 1.41. The van der Waals surface area contributed by atoms with Crippen LogP contribution >= 0.6 is 22.6 Å². The van der Waals surface area contributed by atoms with Crippen LogP contribution in [0.4, 0.5) is 9.59 Å². The Labute approximate surface area is 261 Å². The van der Waals surface area contributed by atoms with E-state index < -0.39 is 45.5 Å². The second-order valence-electron chi connectivity index (χ2n) is 11.7. The average molecular weight is 702 g/mol. The second-order valence-corrected chi connectivity index (χ2v) is 11.7. The van der Waals surface area contributed by atoms with Gasteiger partial charge in [0.2, 0.25) is 0 Å². The first-order valence-electron chi connectivity index (χ1n) is 14.7. The molecule has 41 heavy (non-hydrogen) atoms. The summed E-state index contributed by atoms with van der Waals surface area (Å²) in [5.74, 6) is -1.96. The first-order valence-corrected chi connectivity index (χ1v) is 14.3. The van der Waals surface area contributed by atoms with Crippen molar-refractivity contribution in [2.24, 2.45) is 11.3 Å². The number of hydrogen-bond donors (Lipinski definition) is 0. The third-order valence-electron chi connectivity index (χ3n) is 5.96. The first-order chi connectivity index (χ1) is 19.8. The van der Waals surface area contributed by atoms with Crippen LogP contribution in [-0.4, -0.2) is 108 Å². The van der Waals surface area contributed by atoms with Gasteiger partial charge in [-0.1, -0.05) is 22.6 Å². The molecule has 13 heteroatoms. The topological polar surface area (TPSA) is 146 Å². The highest BCUT2D eigenvalue weighted by molar-refractivity contribution is 14.1. The Morgan fingerprint density at radius 1 is 0.976 bits per heavy atom. The van der Waals surface area contributed by atoms with Crippen LogP contribution in [0.15, 0.2) is 0 Å². The minimum atomic E-state index is -1.78. The molecule has 236 valence electrons. The van der Waals surface area contributed by atoms with Crippen molar-refractivity contribution in [2.45, 2.75) is 79.4 Å². The third kappa shape index (κ3) is 13.0. The van der Waals surface area contributed by atoms with E-state index in [0.29, 0.717) is 19.5 Å².